The van der Waals surface area contributed by atoms with Gasteiger partial charge in [0.2, 0.25) is 0 Å². The summed E-state index contributed by atoms with van der Waals surface area (Å²) in [4.78, 5) is 25.7. The number of anilines is 3. The number of rotatable bonds is 3. The summed E-state index contributed by atoms with van der Waals surface area (Å²) in [6, 6.07) is 2.15. The molecule has 0 spiro atoms. The molecule has 2 fully saturated rings. The normalized spacial score (nSPS) is 17.6. The molecule has 0 N–H and O–H groups in total. The van der Waals surface area contributed by atoms with Crippen molar-refractivity contribution >= 4 is 28.5 Å². The molecule has 5 rings (SSSR count). The minimum absolute atomic E-state index is 0.778. The second-order valence-corrected chi connectivity index (χ2v) is 7.90. The van der Waals surface area contributed by atoms with E-state index in [2.05, 4.69) is 35.8 Å². The first-order valence-electron chi connectivity index (χ1n) is 10.4. The molecule has 9 heteroatoms. The summed E-state index contributed by atoms with van der Waals surface area (Å²) in [5, 5.41) is 5.38. The molecule has 3 aromatic heterocycles. The Balaban J connectivity index is 1.36. The Morgan fingerprint density at radius 1 is 0.724 bits per heavy atom. The van der Waals surface area contributed by atoms with Gasteiger partial charge in [-0.3, -0.25) is 4.68 Å². The SMILES string of the molecule is Cc1nc(N2CCCC2)cc(N2CCN(c3nc(C)nc4c3cnn4C)CC2)n1. The minimum atomic E-state index is 0.778. The van der Waals surface area contributed by atoms with Crippen LogP contribution in [0.15, 0.2) is 12.3 Å². The highest BCUT2D eigenvalue weighted by Crippen LogP contribution is 2.27. The first-order valence-corrected chi connectivity index (χ1v) is 10.4. The Hall–Kier alpha value is -2.97. The minimum Gasteiger partial charge on any atom is -0.356 e. The molecule has 0 saturated carbocycles. The summed E-state index contributed by atoms with van der Waals surface area (Å²) in [7, 11) is 1.92. The van der Waals surface area contributed by atoms with E-state index in [0.29, 0.717) is 0 Å². The highest BCUT2D eigenvalue weighted by molar-refractivity contribution is 5.87. The van der Waals surface area contributed by atoms with Crippen molar-refractivity contribution in [2.75, 3.05) is 54.0 Å². The van der Waals surface area contributed by atoms with E-state index in [-0.39, 0.29) is 0 Å². The van der Waals surface area contributed by atoms with E-state index in [1.807, 2.05) is 31.8 Å². The molecule has 2 saturated heterocycles. The van der Waals surface area contributed by atoms with Gasteiger partial charge < -0.3 is 14.7 Å². The third kappa shape index (κ3) is 3.34. The highest BCUT2D eigenvalue weighted by atomic mass is 15.3. The Morgan fingerprint density at radius 2 is 1.31 bits per heavy atom. The molecule has 0 amide bonds. The van der Waals surface area contributed by atoms with Crippen LogP contribution in [0.2, 0.25) is 0 Å². The lowest BCUT2D eigenvalue weighted by Gasteiger charge is -2.36. The van der Waals surface area contributed by atoms with Gasteiger partial charge in [-0.2, -0.15) is 5.10 Å². The van der Waals surface area contributed by atoms with E-state index in [4.69, 9.17) is 9.97 Å². The molecule has 0 aliphatic carbocycles. The third-order valence-electron chi connectivity index (χ3n) is 5.83. The van der Waals surface area contributed by atoms with Crippen molar-refractivity contribution in [3.05, 3.63) is 23.9 Å². The van der Waals surface area contributed by atoms with Gasteiger partial charge in [-0.25, -0.2) is 19.9 Å². The third-order valence-corrected chi connectivity index (χ3v) is 5.83. The molecule has 0 bridgehead atoms. The van der Waals surface area contributed by atoms with Crippen LogP contribution in [-0.4, -0.2) is 69.0 Å². The number of hydrogen-bond acceptors (Lipinski definition) is 8. The van der Waals surface area contributed by atoms with Crippen LogP contribution in [0.1, 0.15) is 24.5 Å². The predicted octanol–water partition coefficient (Wildman–Crippen LogP) is 1.70. The second kappa shape index (κ2) is 7.13. The van der Waals surface area contributed by atoms with Crippen LogP contribution in [0.3, 0.4) is 0 Å². The van der Waals surface area contributed by atoms with Gasteiger partial charge in [0.05, 0.1) is 11.6 Å². The average Bonchev–Trinajstić information content (AvgIpc) is 3.38. The fraction of sp³-hybridized carbons (Fsp3) is 0.550. The van der Waals surface area contributed by atoms with Crippen molar-refractivity contribution in [2.24, 2.45) is 7.05 Å². The fourth-order valence-corrected chi connectivity index (χ4v) is 4.31. The van der Waals surface area contributed by atoms with E-state index in [1.165, 1.54) is 12.8 Å². The zero-order valence-electron chi connectivity index (χ0n) is 17.3. The number of hydrogen-bond donors (Lipinski definition) is 0. The van der Waals surface area contributed by atoms with Crippen LogP contribution in [0.5, 0.6) is 0 Å². The van der Waals surface area contributed by atoms with Crippen LogP contribution in [0.25, 0.3) is 11.0 Å². The van der Waals surface area contributed by atoms with E-state index in [9.17, 15) is 0 Å². The molecule has 9 nitrogen and oxygen atoms in total. The summed E-state index contributed by atoms with van der Waals surface area (Å²) in [5.41, 5.74) is 0.886. The predicted molar refractivity (Wildman–Crippen MR) is 114 cm³/mol. The number of aryl methyl sites for hydroxylation is 3. The summed E-state index contributed by atoms with van der Waals surface area (Å²) in [6.45, 7) is 9.71. The number of nitrogens with zero attached hydrogens (tertiary/aromatic N) is 9. The zero-order valence-corrected chi connectivity index (χ0v) is 17.3. The maximum absolute atomic E-state index is 4.73. The van der Waals surface area contributed by atoms with Crippen LogP contribution < -0.4 is 14.7 Å². The van der Waals surface area contributed by atoms with Crippen molar-refractivity contribution in [1.82, 2.24) is 29.7 Å². The van der Waals surface area contributed by atoms with Gasteiger partial charge in [-0.15, -0.1) is 0 Å². The standard InChI is InChI=1S/C20H27N9/c1-14-22-17(27-6-4-5-7-27)12-18(23-14)28-8-10-29(11-9-28)20-16-13-21-26(3)19(16)24-15(2)25-20/h12-13H,4-11H2,1-3H3. The second-order valence-electron chi connectivity index (χ2n) is 7.90. The maximum atomic E-state index is 4.73. The van der Waals surface area contributed by atoms with Gasteiger partial charge in [0.25, 0.3) is 0 Å². The lowest BCUT2D eigenvalue weighted by atomic mass is 10.2. The summed E-state index contributed by atoms with van der Waals surface area (Å²) in [6.07, 6.45) is 4.36. The van der Waals surface area contributed by atoms with Crippen LogP contribution in [-0.2, 0) is 7.05 Å². The van der Waals surface area contributed by atoms with Crippen molar-refractivity contribution in [1.29, 1.82) is 0 Å². The topological polar surface area (TPSA) is 79.1 Å². The van der Waals surface area contributed by atoms with Crippen LogP contribution in [0.4, 0.5) is 17.5 Å². The first-order chi connectivity index (χ1) is 14.1. The summed E-state index contributed by atoms with van der Waals surface area (Å²) in [5.74, 6) is 4.70. The van der Waals surface area contributed by atoms with Gasteiger partial charge in [0, 0.05) is 52.4 Å². The van der Waals surface area contributed by atoms with E-state index in [0.717, 1.165) is 79.4 Å². The number of piperazine rings is 1. The average molecular weight is 393 g/mol. The Morgan fingerprint density at radius 3 is 2.00 bits per heavy atom. The molecule has 5 heterocycles. The van der Waals surface area contributed by atoms with Gasteiger partial charge in [-0.1, -0.05) is 0 Å². The molecule has 152 valence electrons. The van der Waals surface area contributed by atoms with Crippen LogP contribution in [0, 0.1) is 13.8 Å². The lowest BCUT2D eigenvalue weighted by molar-refractivity contribution is 0.640. The van der Waals surface area contributed by atoms with Crippen molar-refractivity contribution < 1.29 is 0 Å². The molecule has 2 aliphatic rings. The monoisotopic (exact) mass is 393 g/mol. The number of aromatic nitrogens is 6. The Labute approximate surface area is 170 Å². The molecule has 0 aromatic carbocycles. The molecule has 29 heavy (non-hydrogen) atoms. The van der Waals surface area contributed by atoms with Gasteiger partial charge >= 0.3 is 0 Å². The fourth-order valence-electron chi connectivity index (χ4n) is 4.31. The molecule has 0 radical (unpaired) electrons. The molecule has 0 atom stereocenters. The molecule has 3 aromatic rings. The molecule has 2 aliphatic heterocycles. The molecule has 0 unspecified atom stereocenters. The molecular weight excluding hydrogens is 366 g/mol. The number of fused-ring (bicyclic) bond motifs is 1. The molecular formula is C20H27N9. The van der Waals surface area contributed by atoms with Gasteiger partial charge in [-0.05, 0) is 26.7 Å². The Bertz CT molecular complexity index is 1030. The smallest absolute Gasteiger partial charge is 0.163 e. The van der Waals surface area contributed by atoms with Gasteiger partial charge in [0.1, 0.15) is 29.1 Å². The van der Waals surface area contributed by atoms with Crippen molar-refractivity contribution in [2.45, 2.75) is 26.7 Å². The van der Waals surface area contributed by atoms with Crippen LogP contribution >= 0.6 is 0 Å². The highest BCUT2D eigenvalue weighted by Gasteiger charge is 2.24. The quantitative estimate of drug-likeness (QED) is 0.665. The van der Waals surface area contributed by atoms with E-state index >= 15 is 0 Å². The van der Waals surface area contributed by atoms with E-state index in [1.54, 1.807) is 0 Å². The largest absolute Gasteiger partial charge is 0.356 e. The van der Waals surface area contributed by atoms with Gasteiger partial charge in [0.15, 0.2) is 5.65 Å². The lowest BCUT2D eigenvalue weighted by Crippen LogP contribution is -2.47. The van der Waals surface area contributed by atoms with Crippen molar-refractivity contribution in [3.8, 4) is 0 Å². The summed E-state index contributed by atoms with van der Waals surface area (Å²) < 4.78 is 1.81. The van der Waals surface area contributed by atoms with Crippen molar-refractivity contribution in [3.63, 3.8) is 0 Å². The Kier molecular flexibility index (Phi) is 4.44. The maximum Gasteiger partial charge on any atom is 0.163 e. The first kappa shape index (κ1) is 18.1. The zero-order chi connectivity index (χ0) is 20.0. The van der Waals surface area contributed by atoms with E-state index < -0.39 is 0 Å². The summed E-state index contributed by atoms with van der Waals surface area (Å²) >= 11 is 0.